The van der Waals surface area contributed by atoms with Crippen molar-refractivity contribution in [2.24, 2.45) is 11.7 Å². The van der Waals surface area contributed by atoms with E-state index in [-0.39, 0.29) is 0 Å². The lowest BCUT2D eigenvalue weighted by molar-refractivity contribution is 0.0697. The molecule has 1 aromatic rings. The summed E-state index contributed by atoms with van der Waals surface area (Å²) >= 11 is 0. The predicted molar refractivity (Wildman–Crippen MR) is 60.6 cm³/mol. The average Bonchev–Trinajstić information content (AvgIpc) is 2.77. The minimum atomic E-state index is -0.909. The monoisotopic (exact) mass is 221 g/mol. The summed E-state index contributed by atoms with van der Waals surface area (Å²) in [5.74, 6) is -0.449. The standard InChI is InChI=1S/C11H15N3O2/c12-5-8-2-4-14(7-8)10-6-13-3-1-9(10)11(15)16/h1,3,6,8H,2,4-5,7,12H2,(H,15,16). The van der Waals surface area contributed by atoms with Crippen molar-refractivity contribution in [3.05, 3.63) is 24.0 Å². The first kappa shape index (κ1) is 10.9. The third-order valence-corrected chi connectivity index (χ3v) is 2.99. The molecule has 1 aromatic heterocycles. The van der Waals surface area contributed by atoms with Gasteiger partial charge < -0.3 is 15.7 Å². The van der Waals surface area contributed by atoms with Crippen molar-refractivity contribution in [2.75, 3.05) is 24.5 Å². The van der Waals surface area contributed by atoms with Gasteiger partial charge in [-0.05, 0) is 24.9 Å². The zero-order valence-corrected chi connectivity index (χ0v) is 8.97. The predicted octanol–water partition coefficient (Wildman–Crippen LogP) is 0.565. The number of aromatic nitrogens is 1. The van der Waals surface area contributed by atoms with E-state index in [2.05, 4.69) is 4.98 Å². The van der Waals surface area contributed by atoms with Crippen molar-refractivity contribution >= 4 is 11.7 Å². The first-order chi connectivity index (χ1) is 7.72. The Morgan fingerprint density at radius 1 is 1.69 bits per heavy atom. The summed E-state index contributed by atoms with van der Waals surface area (Å²) in [6.07, 6.45) is 4.14. The average molecular weight is 221 g/mol. The van der Waals surface area contributed by atoms with Crippen molar-refractivity contribution in [2.45, 2.75) is 6.42 Å². The summed E-state index contributed by atoms with van der Waals surface area (Å²) < 4.78 is 0. The smallest absolute Gasteiger partial charge is 0.337 e. The van der Waals surface area contributed by atoms with Crippen LogP contribution in [0.25, 0.3) is 0 Å². The van der Waals surface area contributed by atoms with Crippen LogP contribution in [-0.2, 0) is 0 Å². The number of carbonyl (C=O) groups is 1. The summed E-state index contributed by atoms with van der Waals surface area (Å²) in [6.45, 7) is 2.33. The molecule has 0 amide bonds. The van der Waals surface area contributed by atoms with Crippen molar-refractivity contribution in [1.29, 1.82) is 0 Å². The Morgan fingerprint density at radius 2 is 2.50 bits per heavy atom. The molecule has 1 aliphatic rings. The summed E-state index contributed by atoms with van der Waals surface area (Å²) in [5.41, 5.74) is 6.63. The van der Waals surface area contributed by atoms with Gasteiger partial charge in [-0.2, -0.15) is 0 Å². The van der Waals surface area contributed by atoms with Crippen LogP contribution in [0.15, 0.2) is 18.5 Å². The van der Waals surface area contributed by atoms with Crippen LogP contribution in [0.4, 0.5) is 5.69 Å². The Balaban J connectivity index is 2.24. The van der Waals surface area contributed by atoms with Crippen molar-refractivity contribution < 1.29 is 9.90 Å². The molecule has 2 heterocycles. The van der Waals surface area contributed by atoms with Crippen molar-refractivity contribution in [3.63, 3.8) is 0 Å². The van der Waals surface area contributed by atoms with Gasteiger partial charge in [0.25, 0.3) is 0 Å². The van der Waals surface area contributed by atoms with Crippen LogP contribution < -0.4 is 10.6 Å². The lowest BCUT2D eigenvalue weighted by Gasteiger charge is -2.19. The molecule has 0 spiro atoms. The highest BCUT2D eigenvalue weighted by molar-refractivity contribution is 5.94. The second kappa shape index (κ2) is 4.49. The fraction of sp³-hybridized carbons (Fsp3) is 0.455. The van der Waals surface area contributed by atoms with E-state index in [4.69, 9.17) is 10.8 Å². The highest BCUT2D eigenvalue weighted by atomic mass is 16.4. The van der Waals surface area contributed by atoms with Gasteiger partial charge in [0.1, 0.15) is 0 Å². The van der Waals surface area contributed by atoms with Crippen LogP contribution in [0.2, 0.25) is 0 Å². The molecule has 3 N–H and O–H groups in total. The van der Waals surface area contributed by atoms with E-state index < -0.39 is 5.97 Å². The molecule has 16 heavy (non-hydrogen) atoms. The molecule has 0 aromatic carbocycles. The second-order valence-corrected chi connectivity index (χ2v) is 4.03. The Bertz CT molecular complexity index is 395. The molecule has 1 saturated heterocycles. The molecule has 0 saturated carbocycles. The van der Waals surface area contributed by atoms with Crippen LogP contribution in [0.3, 0.4) is 0 Å². The van der Waals surface area contributed by atoms with Gasteiger partial charge in [0.15, 0.2) is 0 Å². The highest BCUT2D eigenvalue weighted by Gasteiger charge is 2.24. The van der Waals surface area contributed by atoms with E-state index >= 15 is 0 Å². The van der Waals surface area contributed by atoms with Gasteiger partial charge in [-0.1, -0.05) is 0 Å². The number of anilines is 1. The molecule has 86 valence electrons. The molecule has 1 fully saturated rings. The molecular weight excluding hydrogens is 206 g/mol. The lowest BCUT2D eigenvalue weighted by Crippen LogP contribution is -2.24. The third-order valence-electron chi connectivity index (χ3n) is 2.99. The first-order valence-electron chi connectivity index (χ1n) is 5.34. The number of aromatic carboxylic acids is 1. The molecule has 0 bridgehead atoms. The van der Waals surface area contributed by atoms with Crippen LogP contribution in [0, 0.1) is 5.92 Å². The second-order valence-electron chi connectivity index (χ2n) is 4.03. The van der Waals surface area contributed by atoms with E-state index in [1.807, 2.05) is 4.90 Å². The number of nitrogens with two attached hydrogens (primary N) is 1. The van der Waals surface area contributed by atoms with Crippen LogP contribution >= 0.6 is 0 Å². The van der Waals surface area contributed by atoms with Gasteiger partial charge in [-0.3, -0.25) is 4.98 Å². The molecular formula is C11H15N3O2. The quantitative estimate of drug-likeness (QED) is 0.779. The van der Waals surface area contributed by atoms with Gasteiger partial charge in [0, 0.05) is 19.3 Å². The van der Waals surface area contributed by atoms with Gasteiger partial charge >= 0.3 is 5.97 Å². The summed E-state index contributed by atoms with van der Waals surface area (Å²) in [4.78, 5) is 17.1. The molecule has 1 unspecified atom stereocenters. The minimum absolute atomic E-state index is 0.313. The van der Waals surface area contributed by atoms with Gasteiger partial charge in [0.05, 0.1) is 17.4 Å². The Labute approximate surface area is 93.9 Å². The normalized spacial score (nSPS) is 20.1. The SMILES string of the molecule is NCC1CCN(c2cnccc2C(=O)O)C1. The number of hydrogen-bond acceptors (Lipinski definition) is 4. The summed E-state index contributed by atoms with van der Waals surface area (Å²) in [6, 6.07) is 1.54. The number of carboxylic acids is 1. The zero-order valence-electron chi connectivity index (χ0n) is 8.97. The first-order valence-corrected chi connectivity index (χ1v) is 5.34. The van der Waals surface area contributed by atoms with Crippen LogP contribution in [0.5, 0.6) is 0 Å². The molecule has 1 aliphatic heterocycles. The molecule has 5 nitrogen and oxygen atoms in total. The van der Waals surface area contributed by atoms with E-state index in [1.165, 1.54) is 12.3 Å². The van der Waals surface area contributed by atoms with Crippen LogP contribution in [0.1, 0.15) is 16.8 Å². The number of rotatable bonds is 3. The zero-order chi connectivity index (χ0) is 11.5. The minimum Gasteiger partial charge on any atom is -0.478 e. The van der Waals surface area contributed by atoms with E-state index in [1.54, 1.807) is 6.20 Å². The molecule has 2 rings (SSSR count). The van der Waals surface area contributed by atoms with Gasteiger partial charge in [0.2, 0.25) is 0 Å². The van der Waals surface area contributed by atoms with Crippen LogP contribution in [-0.4, -0.2) is 35.7 Å². The Hall–Kier alpha value is -1.62. The van der Waals surface area contributed by atoms with Crippen molar-refractivity contribution in [1.82, 2.24) is 4.98 Å². The maximum absolute atomic E-state index is 11.1. The fourth-order valence-electron chi connectivity index (χ4n) is 2.06. The van der Waals surface area contributed by atoms with Gasteiger partial charge in [-0.25, -0.2) is 4.79 Å². The van der Waals surface area contributed by atoms with Crippen molar-refractivity contribution in [3.8, 4) is 0 Å². The van der Waals surface area contributed by atoms with E-state index in [0.717, 1.165) is 19.5 Å². The lowest BCUT2D eigenvalue weighted by atomic mass is 10.1. The molecule has 5 heteroatoms. The maximum Gasteiger partial charge on any atom is 0.337 e. The molecule has 1 atom stereocenters. The topological polar surface area (TPSA) is 79.5 Å². The third kappa shape index (κ3) is 1.99. The largest absolute Gasteiger partial charge is 0.478 e. The fourth-order valence-corrected chi connectivity index (χ4v) is 2.06. The maximum atomic E-state index is 11.1. The summed E-state index contributed by atoms with van der Waals surface area (Å²) in [7, 11) is 0. The number of carboxylic acid groups (broad SMARTS) is 1. The molecule has 0 radical (unpaired) electrons. The van der Waals surface area contributed by atoms with E-state index in [9.17, 15) is 4.79 Å². The highest BCUT2D eigenvalue weighted by Crippen LogP contribution is 2.25. The molecule has 0 aliphatic carbocycles. The summed E-state index contributed by atoms with van der Waals surface area (Å²) in [5, 5.41) is 9.07. The Kier molecular flexibility index (Phi) is 3.05. The van der Waals surface area contributed by atoms with E-state index in [0.29, 0.717) is 23.7 Å². The van der Waals surface area contributed by atoms with Gasteiger partial charge in [-0.15, -0.1) is 0 Å². The number of hydrogen-bond donors (Lipinski definition) is 2. The number of pyridine rings is 1. The number of nitrogens with zero attached hydrogens (tertiary/aromatic N) is 2. The Morgan fingerprint density at radius 3 is 3.12 bits per heavy atom.